The van der Waals surface area contributed by atoms with Crippen molar-refractivity contribution in [1.29, 1.82) is 0 Å². The second kappa shape index (κ2) is 47.2. The van der Waals surface area contributed by atoms with Crippen molar-refractivity contribution in [1.82, 2.24) is 0 Å². The molecule has 0 radical (unpaired) electrons. The second-order valence-corrected chi connectivity index (χ2v) is 13.8. The topological polar surface area (TPSA) is 78.9 Å². The molecule has 0 spiro atoms. The van der Waals surface area contributed by atoms with Crippen LogP contribution in [0.1, 0.15) is 124 Å². The quantitative estimate of drug-likeness (QED) is 0.0271. The van der Waals surface area contributed by atoms with E-state index in [0.717, 1.165) is 57.8 Å². The van der Waals surface area contributed by atoms with Gasteiger partial charge in [0, 0.05) is 19.3 Å². The Hall–Kier alpha value is -5.49. The van der Waals surface area contributed by atoms with Crippen LogP contribution in [0.5, 0.6) is 0 Å². The van der Waals surface area contributed by atoms with Crippen LogP contribution in [0, 0.1) is 0 Å². The van der Waals surface area contributed by atoms with Gasteiger partial charge < -0.3 is 14.2 Å². The molecule has 6 nitrogen and oxygen atoms in total. The number of esters is 3. The SMILES string of the molecule is CC/C=C/C=C/C=C/C=C/C=C/C=C/CCCCCC(=O)OCC(COC(=O)CCCCC/C=C/C=C/C=C/C=C/CC)OC(=O)CCC/C=C/C=C/C=C/C=C/C=C/CC. The first-order valence-corrected chi connectivity index (χ1v) is 22.5. The van der Waals surface area contributed by atoms with Gasteiger partial charge in [-0.2, -0.15) is 0 Å². The van der Waals surface area contributed by atoms with Crippen molar-refractivity contribution in [3.05, 3.63) is 182 Å². The predicted molar refractivity (Wildman–Crippen MR) is 260 cm³/mol. The molecule has 0 heterocycles. The Bertz CT molecular complexity index is 1560. The normalized spacial score (nSPS) is 13.8. The first-order valence-electron chi connectivity index (χ1n) is 22.5. The highest BCUT2D eigenvalue weighted by Crippen LogP contribution is 2.09. The average molecular weight is 833 g/mol. The van der Waals surface area contributed by atoms with Crippen LogP contribution in [0.25, 0.3) is 0 Å². The molecule has 0 rings (SSSR count). The molecule has 0 saturated carbocycles. The zero-order valence-electron chi connectivity index (χ0n) is 37.6. The molecule has 332 valence electrons. The van der Waals surface area contributed by atoms with E-state index < -0.39 is 12.1 Å². The maximum absolute atomic E-state index is 12.7. The molecule has 0 aliphatic heterocycles. The van der Waals surface area contributed by atoms with E-state index in [1.54, 1.807) is 0 Å². The summed E-state index contributed by atoms with van der Waals surface area (Å²) in [6.07, 6.45) is 71.6. The van der Waals surface area contributed by atoms with Crippen LogP contribution in [0.3, 0.4) is 0 Å². The third-order valence-electron chi connectivity index (χ3n) is 8.27. The van der Waals surface area contributed by atoms with Crippen LogP contribution in [0.15, 0.2) is 182 Å². The number of allylic oxidation sites excluding steroid dienone is 30. The van der Waals surface area contributed by atoms with E-state index in [1.807, 2.05) is 152 Å². The van der Waals surface area contributed by atoms with Gasteiger partial charge in [0.1, 0.15) is 13.2 Å². The highest BCUT2D eigenvalue weighted by molar-refractivity contribution is 5.71. The Morgan fingerprint density at radius 1 is 0.328 bits per heavy atom. The summed E-state index contributed by atoms with van der Waals surface area (Å²) in [6, 6.07) is 0. The highest BCUT2D eigenvalue weighted by atomic mass is 16.6. The van der Waals surface area contributed by atoms with Gasteiger partial charge in [-0.25, -0.2) is 0 Å². The largest absolute Gasteiger partial charge is 0.462 e. The second-order valence-electron chi connectivity index (χ2n) is 13.8. The molecule has 0 aromatic heterocycles. The first kappa shape index (κ1) is 55.5. The van der Waals surface area contributed by atoms with Gasteiger partial charge in [0.15, 0.2) is 6.10 Å². The van der Waals surface area contributed by atoms with Gasteiger partial charge >= 0.3 is 17.9 Å². The molecule has 0 aromatic rings. The van der Waals surface area contributed by atoms with Crippen LogP contribution < -0.4 is 0 Å². The fraction of sp³-hybridized carbons (Fsp3) is 0.400. The molecule has 0 aromatic carbocycles. The van der Waals surface area contributed by atoms with Gasteiger partial charge in [0.2, 0.25) is 0 Å². The summed E-state index contributed by atoms with van der Waals surface area (Å²) in [4.78, 5) is 37.8. The standard InChI is InChI=1S/C55H76O6/c1-4-7-10-13-16-19-22-25-26-27-28-31-33-36-39-42-45-48-54(57)60-51-52(61-55(58)49-46-43-40-37-34-30-24-21-18-15-12-9-6-3)50-59-53(56)47-44-41-38-35-32-29-23-20-17-14-11-8-5-2/h7-34,37,40,52H,4-6,35-36,38-39,41-51H2,1-3H3/b10-7+,11-8+,12-9+,16-13+,17-14+,18-15+,22-19+,23-20+,24-21+,26-25+,28-27+,32-29+,33-31+,34-30+,40-37+. The van der Waals surface area contributed by atoms with E-state index in [2.05, 4.69) is 51.2 Å². The molecule has 0 saturated heterocycles. The van der Waals surface area contributed by atoms with Gasteiger partial charge in [-0.05, 0) is 70.6 Å². The van der Waals surface area contributed by atoms with Crippen LogP contribution in [0.4, 0.5) is 0 Å². The maximum atomic E-state index is 12.7. The minimum absolute atomic E-state index is 0.153. The van der Waals surface area contributed by atoms with Crippen molar-refractivity contribution in [2.75, 3.05) is 13.2 Å². The first-order chi connectivity index (χ1) is 30.0. The van der Waals surface area contributed by atoms with Crippen LogP contribution in [-0.2, 0) is 28.6 Å². The lowest BCUT2D eigenvalue weighted by Gasteiger charge is -2.18. The van der Waals surface area contributed by atoms with Gasteiger partial charge in [0.25, 0.3) is 0 Å². The molecule has 0 bridgehead atoms. The molecule has 0 fully saturated rings. The average Bonchev–Trinajstić information content (AvgIpc) is 3.26. The fourth-order valence-corrected chi connectivity index (χ4v) is 4.98. The molecule has 61 heavy (non-hydrogen) atoms. The molecular formula is C55H76O6. The Balaban J connectivity index is 4.71. The van der Waals surface area contributed by atoms with Gasteiger partial charge in [0.05, 0.1) is 0 Å². The maximum Gasteiger partial charge on any atom is 0.306 e. The number of unbranched alkanes of at least 4 members (excludes halogenated alkanes) is 7. The van der Waals surface area contributed by atoms with E-state index in [-0.39, 0.29) is 44.4 Å². The Labute approximate surface area is 370 Å². The number of hydrogen-bond donors (Lipinski definition) is 0. The van der Waals surface area contributed by atoms with Crippen LogP contribution in [-0.4, -0.2) is 37.2 Å². The smallest absolute Gasteiger partial charge is 0.306 e. The number of ether oxygens (including phenoxy) is 3. The molecule has 0 N–H and O–H groups in total. The summed E-state index contributed by atoms with van der Waals surface area (Å²) in [5.41, 5.74) is 0. The monoisotopic (exact) mass is 833 g/mol. The Morgan fingerprint density at radius 3 is 0.934 bits per heavy atom. The molecule has 1 unspecified atom stereocenters. The summed E-state index contributed by atoms with van der Waals surface area (Å²) in [5, 5.41) is 0. The van der Waals surface area contributed by atoms with Crippen molar-refractivity contribution < 1.29 is 28.6 Å². The van der Waals surface area contributed by atoms with Crippen molar-refractivity contribution in [2.45, 2.75) is 130 Å². The molecule has 0 amide bonds. The zero-order chi connectivity index (χ0) is 44.4. The summed E-state index contributed by atoms with van der Waals surface area (Å²) in [7, 11) is 0. The Kier molecular flexibility index (Phi) is 42.9. The number of hydrogen-bond acceptors (Lipinski definition) is 6. The lowest BCUT2D eigenvalue weighted by Crippen LogP contribution is -2.30. The van der Waals surface area contributed by atoms with Crippen LogP contribution >= 0.6 is 0 Å². The third-order valence-corrected chi connectivity index (χ3v) is 8.27. The van der Waals surface area contributed by atoms with Crippen molar-refractivity contribution >= 4 is 17.9 Å². The minimum Gasteiger partial charge on any atom is -0.462 e. The highest BCUT2D eigenvalue weighted by Gasteiger charge is 2.19. The number of carbonyl (C=O) groups is 3. The summed E-state index contributed by atoms with van der Waals surface area (Å²) in [6.45, 7) is 6.01. The molecule has 6 heteroatoms. The lowest BCUT2D eigenvalue weighted by molar-refractivity contribution is -0.167. The summed E-state index contributed by atoms with van der Waals surface area (Å²) >= 11 is 0. The van der Waals surface area contributed by atoms with E-state index >= 15 is 0 Å². The van der Waals surface area contributed by atoms with Gasteiger partial charge in [-0.3, -0.25) is 14.4 Å². The predicted octanol–water partition coefficient (Wildman–Crippen LogP) is 14.6. The van der Waals surface area contributed by atoms with Gasteiger partial charge in [-0.15, -0.1) is 0 Å². The van der Waals surface area contributed by atoms with Gasteiger partial charge in [-0.1, -0.05) is 216 Å². The van der Waals surface area contributed by atoms with Crippen molar-refractivity contribution in [2.24, 2.45) is 0 Å². The van der Waals surface area contributed by atoms with E-state index in [4.69, 9.17) is 14.2 Å². The fourth-order valence-electron chi connectivity index (χ4n) is 4.98. The lowest BCUT2D eigenvalue weighted by atomic mass is 10.1. The number of carbonyl (C=O) groups excluding carboxylic acids is 3. The summed E-state index contributed by atoms with van der Waals surface area (Å²) in [5.74, 6) is -1.13. The molecule has 0 aliphatic rings. The van der Waals surface area contributed by atoms with E-state index in [0.29, 0.717) is 25.7 Å². The molecule has 0 aliphatic carbocycles. The molecular weight excluding hydrogens is 757 g/mol. The number of rotatable bonds is 36. The Morgan fingerprint density at radius 2 is 0.607 bits per heavy atom. The third kappa shape index (κ3) is 45.4. The molecule has 1 atom stereocenters. The summed E-state index contributed by atoms with van der Waals surface area (Å²) < 4.78 is 16.6. The van der Waals surface area contributed by atoms with Crippen molar-refractivity contribution in [3.8, 4) is 0 Å². The van der Waals surface area contributed by atoms with Crippen molar-refractivity contribution in [3.63, 3.8) is 0 Å². The minimum atomic E-state index is -0.859. The van der Waals surface area contributed by atoms with Crippen LogP contribution in [0.2, 0.25) is 0 Å². The van der Waals surface area contributed by atoms with E-state index in [1.165, 1.54) is 0 Å². The zero-order valence-corrected chi connectivity index (χ0v) is 37.6. The van der Waals surface area contributed by atoms with E-state index in [9.17, 15) is 14.4 Å².